The van der Waals surface area contributed by atoms with Crippen molar-refractivity contribution in [3.8, 4) is 5.75 Å². The van der Waals surface area contributed by atoms with Crippen LogP contribution in [0.3, 0.4) is 0 Å². The van der Waals surface area contributed by atoms with E-state index in [9.17, 15) is 4.79 Å². The number of carbonyl (C=O) groups excluding carboxylic acids is 1. The number of hydrogen-bond donors (Lipinski definition) is 1. The van der Waals surface area contributed by atoms with Crippen LogP contribution in [0.5, 0.6) is 5.75 Å². The van der Waals surface area contributed by atoms with Crippen molar-refractivity contribution in [1.29, 1.82) is 0 Å². The maximum atomic E-state index is 13.1. The third kappa shape index (κ3) is 5.97. The van der Waals surface area contributed by atoms with Gasteiger partial charge in [0.05, 0.1) is 13.2 Å². The number of Topliss-reactive ketones (excluding diaryl/α,β-unsaturated/α-hetero) is 1. The van der Waals surface area contributed by atoms with Gasteiger partial charge in [-0.15, -0.1) is 0 Å². The van der Waals surface area contributed by atoms with E-state index >= 15 is 0 Å². The number of rotatable bonds is 8. The summed E-state index contributed by atoms with van der Waals surface area (Å²) < 4.78 is 5.29. The highest BCUT2D eigenvalue weighted by atomic mass is 16.5. The van der Waals surface area contributed by atoms with Crippen LogP contribution < -0.4 is 10.1 Å². The summed E-state index contributed by atoms with van der Waals surface area (Å²) in [5.74, 6) is 0.929. The zero-order valence-corrected chi connectivity index (χ0v) is 19.2. The first kappa shape index (κ1) is 22.6. The highest BCUT2D eigenvalue weighted by Gasteiger charge is 2.19. The standard InChI is InChI=1S/C28H33NO2/c1-6-20-7-15-24(16-8-20)29-26(21-11-17-25(31-5)18-12-21)19-27(30)22-9-13-23(14-10-22)28(2,3)4/h7-18,26,29H,6,19H2,1-5H3. The summed E-state index contributed by atoms with van der Waals surface area (Å²) in [4.78, 5) is 13.1. The molecule has 3 aromatic carbocycles. The molecule has 0 radical (unpaired) electrons. The number of ether oxygens (including phenoxy) is 1. The molecule has 3 heteroatoms. The largest absolute Gasteiger partial charge is 0.497 e. The highest BCUT2D eigenvalue weighted by Crippen LogP contribution is 2.28. The molecule has 0 saturated carbocycles. The van der Waals surface area contributed by atoms with Crippen molar-refractivity contribution in [3.05, 3.63) is 95.1 Å². The molecule has 0 fully saturated rings. The van der Waals surface area contributed by atoms with Gasteiger partial charge in [0.1, 0.15) is 5.75 Å². The predicted octanol–water partition coefficient (Wildman–Crippen LogP) is 6.98. The van der Waals surface area contributed by atoms with E-state index in [1.165, 1.54) is 11.1 Å². The average molecular weight is 416 g/mol. The first-order chi connectivity index (χ1) is 14.8. The molecule has 0 aliphatic carbocycles. The van der Waals surface area contributed by atoms with Crippen molar-refractivity contribution in [1.82, 2.24) is 0 Å². The van der Waals surface area contributed by atoms with Gasteiger partial charge >= 0.3 is 0 Å². The monoisotopic (exact) mass is 415 g/mol. The Labute approximate surface area is 186 Å². The Morgan fingerprint density at radius 3 is 2.03 bits per heavy atom. The van der Waals surface area contributed by atoms with Crippen LogP contribution in [0, 0.1) is 0 Å². The van der Waals surface area contributed by atoms with E-state index in [0.29, 0.717) is 6.42 Å². The van der Waals surface area contributed by atoms with Crippen LogP contribution in [0.1, 0.15) is 67.2 Å². The molecule has 0 aliphatic heterocycles. The fraction of sp³-hybridized carbons (Fsp3) is 0.321. The number of ketones is 1. The van der Waals surface area contributed by atoms with Gasteiger partial charge in [-0.2, -0.15) is 0 Å². The van der Waals surface area contributed by atoms with Gasteiger partial charge in [-0.05, 0) is 52.8 Å². The Kier molecular flexibility index (Phi) is 7.17. The van der Waals surface area contributed by atoms with Crippen LogP contribution in [0.2, 0.25) is 0 Å². The van der Waals surface area contributed by atoms with Crippen LogP contribution >= 0.6 is 0 Å². The van der Waals surface area contributed by atoms with Crippen LogP contribution in [-0.2, 0) is 11.8 Å². The zero-order chi connectivity index (χ0) is 22.4. The number of anilines is 1. The van der Waals surface area contributed by atoms with Crippen molar-refractivity contribution in [2.75, 3.05) is 12.4 Å². The van der Waals surface area contributed by atoms with Gasteiger partial charge in [-0.3, -0.25) is 4.79 Å². The molecule has 0 aliphatic rings. The molecule has 1 N–H and O–H groups in total. The lowest BCUT2D eigenvalue weighted by Crippen LogP contribution is -2.16. The van der Waals surface area contributed by atoms with E-state index < -0.39 is 0 Å². The summed E-state index contributed by atoms with van der Waals surface area (Å²) in [7, 11) is 1.66. The molecule has 0 spiro atoms. The SMILES string of the molecule is CCc1ccc(NC(CC(=O)c2ccc(C(C)(C)C)cc2)c2ccc(OC)cc2)cc1. The molecule has 3 aromatic rings. The number of aryl methyl sites for hydroxylation is 1. The van der Waals surface area contributed by atoms with Gasteiger partial charge < -0.3 is 10.1 Å². The van der Waals surface area contributed by atoms with Crippen molar-refractivity contribution < 1.29 is 9.53 Å². The number of carbonyl (C=O) groups is 1. The topological polar surface area (TPSA) is 38.3 Å². The molecule has 0 aromatic heterocycles. The molecule has 0 saturated heterocycles. The Morgan fingerprint density at radius 2 is 1.52 bits per heavy atom. The third-order valence-corrected chi connectivity index (χ3v) is 5.68. The number of nitrogens with one attached hydrogen (secondary N) is 1. The van der Waals surface area contributed by atoms with Gasteiger partial charge in [0.25, 0.3) is 0 Å². The summed E-state index contributed by atoms with van der Waals surface area (Å²) >= 11 is 0. The lowest BCUT2D eigenvalue weighted by atomic mass is 9.86. The predicted molar refractivity (Wildman–Crippen MR) is 129 cm³/mol. The van der Waals surface area contributed by atoms with Crippen LogP contribution in [0.15, 0.2) is 72.8 Å². The second kappa shape index (κ2) is 9.82. The summed E-state index contributed by atoms with van der Waals surface area (Å²) in [6, 6.07) is 24.2. The summed E-state index contributed by atoms with van der Waals surface area (Å²) in [6.07, 6.45) is 1.38. The lowest BCUT2D eigenvalue weighted by Gasteiger charge is -2.21. The van der Waals surface area contributed by atoms with Gasteiger partial charge in [0, 0.05) is 17.7 Å². The minimum atomic E-state index is -0.131. The third-order valence-electron chi connectivity index (χ3n) is 5.68. The first-order valence-corrected chi connectivity index (χ1v) is 10.9. The first-order valence-electron chi connectivity index (χ1n) is 10.9. The van der Waals surface area contributed by atoms with Gasteiger partial charge in [0.2, 0.25) is 0 Å². The van der Waals surface area contributed by atoms with Gasteiger partial charge in [-0.25, -0.2) is 0 Å². The minimum absolute atomic E-state index is 0.0689. The fourth-order valence-corrected chi connectivity index (χ4v) is 3.59. The second-order valence-electron chi connectivity index (χ2n) is 8.98. The van der Waals surface area contributed by atoms with E-state index in [1.807, 2.05) is 36.4 Å². The number of hydrogen-bond acceptors (Lipinski definition) is 3. The molecule has 0 amide bonds. The second-order valence-corrected chi connectivity index (χ2v) is 8.98. The Balaban J connectivity index is 1.83. The molecule has 162 valence electrons. The Bertz CT molecular complexity index is 981. The van der Waals surface area contributed by atoms with E-state index in [1.54, 1.807) is 7.11 Å². The van der Waals surface area contributed by atoms with Crippen LogP contribution in [0.4, 0.5) is 5.69 Å². The molecular formula is C28H33NO2. The molecule has 1 unspecified atom stereocenters. The number of methoxy groups -OCH3 is 1. The molecule has 1 atom stereocenters. The molecule has 3 rings (SSSR count). The summed E-state index contributed by atoms with van der Waals surface area (Å²) in [5.41, 5.74) is 5.40. The molecule has 0 heterocycles. The summed E-state index contributed by atoms with van der Waals surface area (Å²) in [5, 5.41) is 3.56. The van der Waals surface area contributed by atoms with Crippen molar-refractivity contribution in [3.63, 3.8) is 0 Å². The maximum absolute atomic E-state index is 13.1. The fourth-order valence-electron chi connectivity index (χ4n) is 3.59. The lowest BCUT2D eigenvalue weighted by molar-refractivity contribution is 0.0976. The van der Waals surface area contributed by atoms with Gasteiger partial charge in [0.15, 0.2) is 5.78 Å². The van der Waals surface area contributed by atoms with Gasteiger partial charge in [-0.1, -0.05) is 76.2 Å². The van der Waals surface area contributed by atoms with Crippen molar-refractivity contribution >= 4 is 11.5 Å². The maximum Gasteiger partial charge on any atom is 0.165 e. The highest BCUT2D eigenvalue weighted by molar-refractivity contribution is 5.96. The Morgan fingerprint density at radius 1 is 0.903 bits per heavy atom. The Hall–Kier alpha value is -3.07. The molecule has 3 nitrogen and oxygen atoms in total. The normalized spacial score (nSPS) is 12.3. The molecule has 31 heavy (non-hydrogen) atoms. The zero-order valence-electron chi connectivity index (χ0n) is 19.2. The van der Waals surface area contributed by atoms with E-state index in [2.05, 4.69) is 69.4 Å². The van der Waals surface area contributed by atoms with E-state index in [0.717, 1.165) is 29.0 Å². The van der Waals surface area contributed by atoms with E-state index in [-0.39, 0.29) is 17.2 Å². The van der Waals surface area contributed by atoms with Crippen molar-refractivity contribution in [2.45, 2.75) is 52.0 Å². The summed E-state index contributed by atoms with van der Waals surface area (Å²) in [6.45, 7) is 8.68. The quantitative estimate of drug-likeness (QED) is 0.403. The van der Waals surface area contributed by atoms with Crippen molar-refractivity contribution in [2.24, 2.45) is 0 Å². The van der Waals surface area contributed by atoms with Crippen LogP contribution in [-0.4, -0.2) is 12.9 Å². The molecular weight excluding hydrogens is 382 g/mol. The van der Waals surface area contributed by atoms with Crippen LogP contribution in [0.25, 0.3) is 0 Å². The molecule has 0 bridgehead atoms. The smallest absolute Gasteiger partial charge is 0.165 e. The number of benzene rings is 3. The minimum Gasteiger partial charge on any atom is -0.497 e. The van der Waals surface area contributed by atoms with E-state index in [4.69, 9.17) is 4.74 Å². The average Bonchev–Trinajstić information content (AvgIpc) is 2.78.